The number of phenolic OH excluding ortho intramolecular Hbond substituents is 1. The molecule has 13 heavy (non-hydrogen) atoms. The monoisotopic (exact) mass is 276 g/mol. The van der Waals surface area contributed by atoms with Crippen LogP contribution in [0.4, 0.5) is 0 Å². The second-order valence-corrected chi connectivity index (χ2v) is 4.25. The molecule has 2 N–H and O–H groups in total. The summed E-state index contributed by atoms with van der Waals surface area (Å²) in [7, 11) is -4.26. The normalized spacial score (nSPS) is 10.6. The number of benzene rings is 1. The van der Waals surface area contributed by atoms with Gasteiger partial charge in [-0.05, 0) is 28.1 Å². The van der Waals surface area contributed by atoms with Crippen molar-refractivity contribution in [2.24, 2.45) is 0 Å². The SMILES string of the molecule is O=S(=O)(O)c1cccc(O)c1Br.[NaH]. The molecule has 68 valence electrons. The predicted octanol–water partition coefficient (Wildman–Crippen LogP) is 0.753. The number of hydrogen-bond donors (Lipinski definition) is 2. The first-order valence-corrected chi connectivity index (χ1v) is 5.11. The quantitative estimate of drug-likeness (QED) is 0.587. The van der Waals surface area contributed by atoms with E-state index in [1.54, 1.807) is 0 Å². The molecule has 0 aliphatic carbocycles. The first-order chi connectivity index (χ1) is 5.43. The third kappa shape index (κ3) is 3.23. The van der Waals surface area contributed by atoms with Crippen molar-refractivity contribution in [3.63, 3.8) is 0 Å². The maximum absolute atomic E-state index is 10.6. The summed E-state index contributed by atoms with van der Waals surface area (Å²) in [6.07, 6.45) is 0. The topological polar surface area (TPSA) is 74.6 Å². The molecule has 0 aromatic heterocycles. The summed E-state index contributed by atoms with van der Waals surface area (Å²) in [4.78, 5) is -0.345. The molecule has 0 saturated heterocycles. The third-order valence-corrected chi connectivity index (χ3v) is 3.21. The van der Waals surface area contributed by atoms with Crippen molar-refractivity contribution in [3.8, 4) is 5.75 Å². The fourth-order valence-corrected chi connectivity index (χ4v) is 2.16. The van der Waals surface area contributed by atoms with E-state index in [1.165, 1.54) is 18.2 Å². The zero-order valence-electron chi connectivity index (χ0n) is 5.73. The van der Waals surface area contributed by atoms with E-state index in [0.29, 0.717) is 0 Å². The van der Waals surface area contributed by atoms with Gasteiger partial charge in [0.1, 0.15) is 10.6 Å². The van der Waals surface area contributed by atoms with Crippen LogP contribution in [0, 0.1) is 0 Å². The Hall–Kier alpha value is 0.410. The van der Waals surface area contributed by atoms with Crippen molar-refractivity contribution in [2.75, 3.05) is 0 Å². The molecular formula is C6H6BrNaO4S. The van der Waals surface area contributed by atoms with Crippen LogP contribution in [0.1, 0.15) is 0 Å². The molecule has 0 aliphatic rings. The summed E-state index contributed by atoms with van der Waals surface area (Å²) in [6, 6.07) is 3.81. The fraction of sp³-hybridized carbons (Fsp3) is 0. The van der Waals surface area contributed by atoms with Gasteiger partial charge in [0.15, 0.2) is 0 Å². The maximum atomic E-state index is 10.6. The number of phenols is 1. The van der Waals surface area contributed by atoms with Crippen molar-refractivity contribution in [3.05, 3.63) is 22.7 Å². The van der Waals surface area contributed by atoms with Gasteiger partial charge in [-0.1, -0.05) is 6.07 Å². The van der Waals surface area contributed by atoms with Crippen molar-refractivity contribution >= 4 is 55.6 Å². The number of halogens is 1. The van der Waals surface area contributed by atoms with Gasteiger partial charge in [0.25, 0.3) is 10.1 Å². The average Bonchev–Trinajstić information content (AvgIpc) is 1.92. The molecule has 0 bridgehead atoms. The summed E-state index contributed by atoms with van der Waals surface area (Å²) >= 11 is 2.83. The van der Waals surface area contributed by atoms with Crippen LogP contribution in [0.2, 0.25) is 0 Å². The molecule has 4 nitrogen and oxygen atoms in total. The minimum atomic E-state index is -4.26. The van der Waals surface area contributed by atoms with Gasteiger partial charge in [0.2, 0.25) is 0 Å². The van der Waals surface area contributed by atoms with Crippen LogP contribution in [0.15, 0.2) is 27.6 Å². The van der Waals surface area contributed by atoms with Gasteiger partial charge in [0.05, 0.1) is 4.47 Å². The van der Waals surface area contributed by atoms with Crippen molar-refractivity contribution in [1.29, 1.82) is 0 Å². The molecule has 0 saturated carbocycles. The summed E-state index contributed by atoms with van der Waals surface area (Å²) in [5, 5.41) is 9.04. The Morgan fingerprint density at radius 1 is 1.31 bits per heavy atom. The van der Waals surface area contributed by atoms with Crippen LogP contribution in [-0.4, -0.2) is 47.6 Å². The Kier molecular flexibility index (Phi) is 4.92. The number of rotatable bonds is 1. The molecule has 0 spiro atoms. The van der Waals surface area contributed by atoms with Gasteiger partial charge in [-0.15, -0.1) is 0 Å². The molecule has 0 fully saturated rings. The first-order valence-electron chi connectivity index (χ1n) is 2.88. The second-order valence-electron chi connectivity index (χ2n) is 2.06. The molecular weight excluding hydrogens is 271 g/mol. The van der Waals surface area contributed by atoms with Crippen LogP contribution < -0.4 is 0 Å². The number of hydrogen-bond acceptors (Lipinski definition) is 3. The Morgan fingerprint density at radius 3 is 2.23 bits per heavy atom. The van der Waals surface area contributed by atoms with Crippen LogP contribution >= 0.6 is 15.9 Å². The third-order valence-electron chi connectivity index (χ3n) is 1.22. The van der Waals surface area contributed by atoms with E-state index in [4.69, 9.17) is 9.66 Å². The molecule has 0 heterocycles. The standard InChI is InChI=1S/C6H5BrO4S.Na.H/c7-6-4(8)2-1-3-5(6)12(9,10)11;;/h1-3,8H,(H,9,10,11);;. The molecule has 0 aliphatic heterocycles. The summed E-state index contributed by atoms with van der Waals surface area (Å²) in [6.45, 7) is 0. The van der Waals surface area contributed by atoms with E-state index in [-0.39, 0.29) is 44.7 Å². The molecule has 0 amide bonds. The Morgan fingerprint density at radius 2 is 1.85 bits per heavy atom. The van der Waals surface area contributed by atoms with E-state index in [1.807, 2.05) is 0 Å². The van der Waals surface area contributed by atoms with Crippen molar-refractivity contribution in [2.45, 2.75) is 4.90 Å². The summed E-state index contributed by atoms with van der Waals surface area (Å²) < 4.78 is 29.8. The molecule has 1 aromatic rings. The van der Waals surface area contributed by atoms with Gasteiger partial charge in [-0.3, -0.25) is 4.55 Å². The van der Waals surface area contributed by atoms with E-state index in [9.17, 15) is 8.42 Å². The molecule has 7 heteroatoms. The molecule has 0 atom stereocenters. The summed E-state index contributed by atoms with van der Waals surface area (Å²) in [5.74, 6) is -0.231. The van der Waals surface area contributed by atoms with Crippen molar-refractivity contribution in [1.82, 2.24) is 0 Å². The second kappa shape index (κ2) is 4.77. The summed E-state index contributed by atoms with van der Waals surface area (Å²) in [5.41, 5.74) is 0. The van der Waals surface area contributed by atoms with E-state index < -0.39 is 10.1 Å². The van der Waals surface area contributed by atoms with Crippen LogP contribution in [0.25, 0.3) is 0 Å². The first kappa shape index (κ1) is 13.4. The van der Waals surface area contributed by atoms with Crippen molar-refractivity contribution < 1.29 is 18.1 Å². The van der Waals surface area contributed by atoms with Gasteiger partial charge in [-0.25, -0.2) is 0 Å². The Bertz CT molecular complexity index is 403. The van der Waals surface area contributed by atoms with Gasteiger partial charge in [0, 0.05) is 0 Å². The van der Waals surface area contributed by atoms with E-state index in [0.717, 1.165) is 0 Å². The zero-order chi connectivity index (χ0) is 9.35. The molecule has 0 unspecified atom stereocenters. The minimum absolute atomic E-state index is 0. The zero-order valence-corrected chi connectivity index (χ0v) is 8.13. The van der Waals surface area contributed by atoms with E-state index >= 15 is 0 Å². The Balaban J connectivity index is 0.00000144. The van der Waals surface area contributed by atoms with Crippen LogP contribution in [0.3, 0.4) is 0 Å². The predicted molar refractivity (Wildman–Crippen MR) is 52.8 cm³/mol. The van der Waals surface area contributed by atoms with E-state index in [2.05, 4.69) is 15.9 Å². The van der Waals surface area contributed by atoms with Crippen LogP contribution in [-0.2, 0) is 10.1 Å². The average molecular weight is 277 g/mol. The van der Waals surface area contributed by atoms with Gasteiger partial charge >= 0.3 is 29.6 Å². The fourth-order valence-electron chi connectivity index (χ4n) is 0.698. The Labute approximate surface area is 106 Å². The van der Waals surface area contributed by atoms with Gasteiger partial charge in [-0.2, -0.15) is 8.42 Å². The molecule has 0 radical (unpaired) electrons. The number of aromatic hydroxyl groups is 1. The molecule has 1 rings (SSSR count). The molecule has 1 aromatic carbocycles. The van der Waals surface area contributed by atoms with Crippen LogP contribution in [0.5, 0.6) is 5.75 Å². The van der Waals surface area contributed by atoms with Gasteiger partial charge < -0.3 is 5.11 Å².